The van der Waals surface area contributed by atoms with E-state index in [2.05, 4.69) is 4.72 Å². The van der Waals surface area contributed by atoms with Crippen LogP contribution in [0.3, 0.4) is 0 Å². The monoisotopic (exact) mass is 299 g/mol. The van der Waals surface area contributed by atoms with Gasteiger partial charge in [0.25, 0.3) is 0 Å². The van der Waals surface area contributed by atoms with E-state index in [-0.39, 0.29) is 16.9 Å². The molecule has 1 aromatic carbocycles. The number of hydrogen-bond donors (Lipinski definition) is 3. The first-order valence-corrected chi connectivity index (χ1v) is 7.75. The van der Waals surface area contributed by atoms with Gasteiger partial charge in [0.15, 0.2) is 0 Å². The minimum atomic E-state index is -3.64. The van der Waals surface area contributed by atoms with E-state index in [1.807, 2.05) is 0 Å². The van der Waals surface area contributed by atoms with Crippen molar-refractivity contribution < 1.29 is 18.3 Å². The third-order valence-electron chi connectivity index (χ3n) is 3.19. The molecular formula is C12H17N3O4S. The Morgan fingerprint density at radius 3 is 2.45 bits per heavy atom. The van der Waals surface area contributed by atoms with Crippen molar-refractivity contribution in [1.82, 2.24) is 4.31 Å². The highest BCUT2D eigenvalue weighted by Crippen LogP contribution is 2.23. The number of nitrogen functional groups attached to an aromatic ring is 1. The zero-order valence-corrected chi connectivity index (χ0v) is 11.7. The first-order chi connectivity index (χ1) is 9.40. The van der Waals surface area contributed by atoms with E-state index in [9.17, 15) is 13.2 Å². The van der Waals surface area contributed by atoms with E-state index in [4.69, 9.17) is 10.8 Å². The Morgan fingerprint density at radius 1 is 1.25 bits per heavy atom. The molecule has 110 valence electrons. The van der Waals surface area contributed by atoms with Crippen LogP contribution < -0.4 is 10.5 Å². The lowest BCUT2D eigenvalue weighted by Gasteiger charge is -2.26. The highest BCUT2D eigenvalue weighted by Gasteiger charge is 2.24. The standard InChI is InChI=1S/C12H17N3O4S/c13-10-8-9(12(16)17)4-5-11(10)14-20(18,19)15-6-2-1-3-7-15/h4-5,8,14H,1-3,6-7,13H2,(H,16,17). The number of piperidine rings is 1. The van der Waals surface area contributed by atoms with Crippen LogP contribution >= 0.6 is 0 Å². The molecule has 2 rings (SSSR count). The Bertz CT molecular complexity index is 609. The molecule has 0 unspecified atom stereocenters. The second-order valence-electron chi connectivity index (χ2n) is 4.67. The maximum Gasteiger partial charge on any atom is 0.335 e. The molecule has 0 aliphatic carbocycles. The number of nitrogens with one attached hydrogen (secondary N) is 1. The minimum absolute atomic E-state index is 0.0171. The number of benzene rings is 1. The van der Waals surface area contributed by atoms with Crippen molar-refractivity contribution in [3.63, 3.8) is 0 Å². The van der Waals surface area contributed by atoms with Gasteiger partial charge in [-0.3, -0.25) is 4.72 Å². The van der Waals surface area contributed by atoms with Gasteiger partial charge in [-0.25, -0.2) is 4.79 Å². The van der Waals surface area contributed by atoms with E-state index in [0.29, 0.717) is 13.1 Å². The molecule has 0 radical (unpaired) electrons. The van der Waals surface area contributed by atoms with Crippen LogP contribution in [0.25, 0.3) is 0 Å². The maximum absolute atomic E-state index is 12.2. The van der Waals surface area contributed by atoms with Crippen molar-refractivity contribution in [2.24, 2.45) is 0 Å². The predicted molar refractivity (Wildman–Crippen MR) is 75.8 cm³/mol. The first-order valence-electron chi connectivity index (χ1n) is 6.31. The molecule has 1 fully saturated rings. The van der Waals surface area contributed by atoms with Gasteiger partial charge in [-0.15, -0.1) is 0 Å². The molecule has 20 heavy (non-hydrogen) atoms. The molecule has 1 aliphatic heterocycles. The van der Waals surface area contributed by atoms with Gasteiger partial charge in [0.2, 0.25) is 0 Å². The third-order valence-corrected chi connectivity index (χ3v) is 4.72. The van der Waals surface area contributed by atoms with Crippen LogP contribution in [-0.4, -0.2) is 36.9 Å². The number of carbonyl (C=O) groups is 1. The summed E-state index contributed by atoms with van der Waals surface area (Å²) in [6.07, 6.45) is 2.71. The zero-order chi connectivity index (χ0) is 14.8. The Hall–Kier alpha value is -1.80. The minimum Gasteiger partial charge on any atom is -0.478 e. The predicted octanol–water partition coefficient (Wildman–Crippen LogP) is 1.11. The molecule has 0 amide bonds. The molecular weight excluding hydrogens is 282 g/mol. The highest BCUT2D eigenvalue weighted by molar-refractivity contribution is 7.90. The van der Waals surface area contributed by atoms with Gasteiger partial charge >= 0.3 is 16.2 Å². The van der Waals surface area contributed by atoms with Crippen LogP contribution in [0.2, 0.25) is 0 Å². The van der Waals surface area contributed by atoms with E-state index in [1.54, 1.807) is 0 Å². The van der Waals surface area contributed by atoms with Gasteiger partial charge < -0.3 is 10.8 Å². The summed E-state index contributed by atoms with van der Waals surface area (Å²) in [6.45, 7) is 0.977. The van der Waals surface area contributed by atoms with Crippen molar-refractivity contribution in [3.05, 3.63) is 23.8 Å². The smallest absolute Gasteiger partial charge is 0.335 e. The fourth-order valence-electron chi connectivity index (χ4n) is 2.10. The summed E-state index contributed by atoms with van der Waals surface area (Å²) in [7, 11) is -3.64. The summed E-state index contributed by atoms with van der Waals surface area (Å²) in [6, 6.07) is 3.91. The average Bonchev–Trinajstić information content (AvgIpc) is 2.41. The van der Waals surface area contributed by atoms with Gasteiger partial charge in [-0.1, -0.05) is 6.42 Å². The molecule has 4 N–H and O–H groups in total. The van der Waals surface area contributed by atoms with Crippen LogP contribution in [0.5, 0.6) is 0 Å². The quantitative estimate of drug-likeness (QED) is 0.721. The number of nitrogens with zero attached hydrogens (tertiary/aromatic N) is 1. The van der Waals surface area contributed by atoms with Crippen molar-refractivity contribution in [2.75, 3.05) is 23.5 Å². The van der Waals surface area contributed by atoms with Crippen LogP contribution in [-0.2, 0) is 10.2 Å². The maximum atomic E-state index is 12.2. The number of carboxylic acid groups (broad SMARTS) is 1. The van der Waals surface area contributed by atoms with Crippen LogP contribution in [0.4, 0.5) is 11.4 Å². The Morgan fingerprint density at radius 2 is 1.90 bits per heavy atom. The normalized spacial score (nSPS) is 16.8. The van der Waals surface area contributed by atoms with Crippen molar-refractivity contribution in [3.8, 4) is 0 Å². The van der Waals surface area contributed by atoms with E-state index in [1.165, 1.54) is 22.5 Å². The summed E-state index contributed by atoms with van der Waals surface area (Å²) < 4.78 is 28.1. The lowest BCUT2D eigenvalue weighted by Crippen LogP contribution is -2.39. The fourth-order valence-corrected chi connectivity index (χ4v) is 3.43. The summed E-state index contributed by atoms with van der Waals surface area (Å²) in [4.78, 5) is 10.8. The van der Waals surface area contributed by atoms with Gasteiger partial charge in [-0.05, 0) is 31.0 Å². The van der Waals surface area contributed by atoms with Crippen LogP contribution in [0.15, 0.2) is 18.2 Å². The molecule has 0 saturated carbocycles. The van der Waals surface area contributed by atoms with Gasteiger partial charge in [0.05, 0.1) is 16.9 Å². The van der Waals surface area contributed by atoms with E-state index < -0.39 is 16.2 Å². The number of rotatable bonds is 4. The van der Waals surface area contributed by atoms with Crippen LogP contribution in [0, 0.1) is 0 Å². The molecule has 0 atom stereocenters. The summed E-state index contributed by atoms with van der Waals surface area (Å²) in [5.41, 5.74) is 5.99. The van der Waals surface area contributed by atoms with Gasteiger partial charge in [0, 0.05) is 13.1 Å². The number of nitrogens with two attached hydrogens (primary N) is 1. The molecule has 7 nitrogen and oxygen atoms in total. The van der Waals surface area contributed by atoms with E-state index >= 15 is 0 Å². The zero-order valence-electron chi connectivity index (χ0n) is 10.9. The number of anilines is 2. The second kappa shape index (κ2) is 5.68. The molecule has 1 saturated heterocycles. The second-order valence-corrected chi connectivity index (χ2v) is 6.34. The Kier molecular flexibility index (Phi) is 4.15. The highest BCUT2D eigenvalue weighted by atomic mass is 32.2. The average molecular weight is 299 g/mol. The summed E-state index contributed by atoms with van der Waals surface area (Å²) in [5, 5.41) is 8.83. The number of hydrogen-bond acceptors (Lipinski definition) is 4. The summed E-state index contributed by atoms with van der Waals surface area (Å²) >= 11 is 0. The topological polar surface area (TPSA) is 113 Å². The van der Waals surface area contributed by atoms with E-state index in [0.717, 1.165) is 19.3 Å². The first kappa shape index (κ1) is 14.6. The third kappa shape index (κ3) is 3.20. The number of carboxylic acids is 1. The summed E-state index contributed by atoms with van der Waals surface area (Å²) in [5.74, 6) is -1.11. The molecule has 1 heterocycles. The number of aromatic carboxylic acids is 1. The molecule has 1 aromatic rings. The Labute approximate surface area is 117 Å². The molecule has 0 spiro atoms. The van der Waals surface area contributed by atoms with Crippen LogP contribution in [0.1, 0.15) is 29.6 Å². The van der Waals surface area contributed by atoms with Gasteiger partial charge in [0.1, 0.15) is 0 Å². The molecule has 0 aromatic heterocycles. The van der Waals surface area contributed by atoms with Crippen molar-refractivity contribution in [2.45, 2.75) is 19.3 Å². The largest absolute Gasteiger partial charge is 0.478 e. The fraction of sp³-hybridized carbons (Fsp3) is 0.417. The lowest BCUT2D eigenvalue weighted by molar-refractivity contribution is 0.0697. The van der Waals surface area contributed by atoms with Crippen molar-refractivity contribution in [1.29, 1.82) is 0 Å². The molecule has 1 aliphatic rings. The lowest BCUT2D eigenvalue weighted by atomic mass is 10.2. The Balaban J connectivity index is 2.18. The molecule has 8 heteroatoms. The van der Waals surface area contributed by atoms with Gasteiger partial charge in [-0.2, -0.15) is 12.7 Å². The van der Waals surface area contributed by atoms with Crippen molar-refractivity contribution >= 4 is 27.6 Å². The molecule has 0 bridgehead atoms. The SMILES string of the molecule is Nc1cc(C(=O)O)ccc1NS(=O)(=O)N1CCCCC1.